The fourth-order valence-electron chi connectivity index (χ4n) is 1.74. The summed E-state index contributed by atoms with van der Waals surface area (Å²) in [6.45, 7) is 9.97. The van der Waals surface area contributed by atoms with Crippen molar-refractivity contribution in [2.24, 2.45) is 0 Å². The highest BCUT2D eigenvalue weighted by molar-refractivity contribution is 6.01. The van der Waals surface area contributed by atoms with Crippen molar-refractivity contribution in [1.29, 1.82) is 0 Å². The van der Waals surface area contributed by atoms with E-state index in [0.29, 0.717) is 17.8 Å². The Hall–Kier alpha value is -2.11. The second-order valence-electron chi connectivity index (χ2n) is 5.89. The maximum absolute atomic E-state index is 12.3. The normalized spacial score (nSPS) is 12.4. The molecule has 0 aliphatic heterocycles. The highest BCUT2D eigenvalue weighted by Crippen LogP contribution is 2.13. The van der Waals surface area contributed by atoms with Gasteiger partial charge in [0.25, 0.3) is 5.91 Å². The maximum atomic E-state index is 12.3. The first-order chi connectivity index (χ1) is 9.74. The van der Waals surface area contributed by atoms with Crippen LogP contribution >= 0.6 is 0 Å². The molecule has 0 aliphatic carbocycles. The van der Waals surface area contributed by atoms with Crippen LogP contribution in [0.4, 0.5) is 5.69 Å². The van der Waals surface area contributed by atoms with Crippen molar-refractivity contribution < 1.29 is 9.59 Å². The molecule has 0 saturated heterocycles. The van der Waals surface area contributed by atoms with E-state index < -0.39 is 6.04 Å². The summed E-state index contributed by atoms with van der Waals surface area (Å²) in [6, 6.07) is 1.01. The van der Waals surface area contributed by atoms with Crippen molar-refractivity contribution in [1.82, 2.24) is 15.6 Å². The summed E-state index contributed by atoms with van der Waals surface area (Å²) in [5.74, 6) is -0.514. The van der Waals surface area contributed by atoms with E-state index in [0.717, 1.165) is 0 Å². The Bertz CT molecular complexity index is 509. The molecule has 6 heteroatoms. The molecule has 21 heavy (non-hydrogen) atoms. The molecule has 0 bridgehead atoms. The predicted molar refractivity (Wildman–Crippen MR) is 83.2 cm³/mol. The van der Waals surface area contributed by atoms with Gasteiger partial charge in [-0.1, -0.05) is 0 Å². The molecule has 2 amide bonds. The smallest absolute Gasteiger partial charge is 0.254 e. The zero-order chi connectivity index (χ0) is 16.0. The van der Waals surface area contributed by atoms with E-state index in [2.05, 4.69) is 20.9 Å². The Balaban J connectivity index is 2.75. The monoisotopic (exact) mass is 292 g/mol. The first-order valence-electron chi connectivity index (χ1n) is 7.05. The van der Waals surface area contributed by atoms with Gasteiger partial charge in [-0.25, -0.2) is 0 Å². The number of nitrogens with zero attached hydrogens (tertiary/aromatic N) is 1. The average Bonchev–Trinajstić information content (AvgIpc) is 2.37. The van der Waals surface area contributed by atoms with Crippen LogP contribution in [-0.4, -0.2) is 34.9 Å². The fraction of sp³-hybridized carbons (Fsp3) is 0.533. The Morgan fingerprint density at radius 2 is 2.00 bits per heavy atom. The third-order valence-corrected chi connectivity index (χ3v) is 2.67. The van der Waals surface area contributed by atoms with E-state index in [1.54, 1.807) is 25.4 Å². The number of nitrogens with one attached hydrogen (secondary N) is 3. The van der Waals surface area contributed by atoms with E-state index in [1.807, 2.05) is 27.7 Å². The molecule has 0 saturated carbocycles. The van der Waals surface area contributed by atoms with Crippen LogP contribution in [0.1, 0.15) is 45.0 Å². The third kappa shape index (κ3) is 5.41. The Morgan fingerprint density at radius 3 is 2.57 bits per heavy atom. The molecule has 1 heterocycles. The van der Waals surface area contributed by atoms with Crippen LogP contribution in [0.5, 0.6) is 0 Å². The van der Waals surface area contributed by atoms with Crippen LogP contribution in [0.3, 0.4) is 0 Å². The molecule has 0 fully saturated rings. The van der Waals surface area contributed by atoms with Gasteiger partial charge in [0.2, 0.25) is 5.91 Å². The minimum absolute atomic E-state index is 0.213. The predicted octanol–water partition coefficient (Wildman–Crippen LogP) is 1.55. The molecule has 1 aromatic rings. The van der Waals surface area contributed by atoms with Gasteiger partial charge in [0.05, 0.1) is 17.4 Å². The van der Waals surface area contributed by atoms with Crippen LogP contribution in [-0.2, 0) is 4.79 Å². The molecule has 1 aromatic heterocycles. The summed E-state index contributed by atoms with van der Waals surface area (Å²) in [4.78, 5) is 28.2. The molecule has 0 radical (unpaired) electrons. The van der Waals surface area contributed by atoms with Crippen LogP contribution in [0.25, 0.3) is 0 Å². The topological polar surface area (TPSA) is 83.1 Å². The number of carbonyl (C=O) groups excluding carboxylic acids is 2. The first kappa shape index (κ1) is 16.9. The highest BCUT2D eigenvalue weighted by atomic mass is 16.2. The molecule has 0 spiro atoms. The Labute approximate surface area is 125 Å². The quantitative estimate of drug-likeness (QED) is 0.769. The number of aromatic nitrogens is 1. The van der Waals surface area contributed by atoms with Gasteiger partial charge in [-0.15, -0.1) is 0 Å². The third-order valence-electron chi connectivity index (χ3n) is 2.67. The Kier molecular flexibility index (Phi) is 5.69. The lowest BCUT2D eigenvalue weighted by Gasteiger charge is -2.23. The number of amides is 2. The van der Waals surface area contributed by atoms with Gasteiger partial charge in [0.1, 0.15) is 6.04 Å². The van der Waals surface area contributed by atoms with E-state index >= 15 is 0 Å². The van der Waals surface area contributed by atoms with Gasteiger partial charge in [-0.05, 0) is 40.7 Å². The maximum Gasteiger partial charge on any atom is 0.254 e. The number of hydrogen-bond donors (Lipinski definition) is 3. The number of rotatable bonds is 5. The lowest BCUT2D eigenvalue weighted by Crippen LogP contribution is -2.50. The number of carbonyl (C=O) groups is 2. The van der Waals surface area contributed by atoms with Crippen molar-refractivity contribution in [3.63, 3.8) is 0 Å². The van der Waals surface area contributed by atoms with E-state index in [-0.39, 0.29) is 17.4 Å². The fourth-order valence-corrected chi connectivity index (χ4v) is 1.74. The molecule has 1 rings (SSSR count). The summed E-state index contributed by atoms with van der Waals surface area (Å²) in [6.07, 6.45) is 3.15. The molecule has 0 aromatic carbocycles. The molecule has 0 aliphatic rings. The lowest BCUT2D eigenvalue weighted by atomic mass is 10.1. The zero-order valence-electron chi connectivity index (χ0n) is 13.3. The number of pyridine rings is 1. The molecule has 1 unspecified atom stereocenters. The largest absolute Gasteiger partial charge is 0.383 e. The molecule has 1 atom stereocenters. The minimum atomic E-state index is -0.612. The van der Waals surface area contributed by atoms with E-state index in [4.69, 9.17) is 0 Å². The molecule has 116 valence electrons. The summed E-state index contributed by atoms with van der Waals surface area (Å²) in [7, 11) is 0. The van der Waals surface area contributed by atoms with Gasteiger partial charge in [-0.2, -0.15) is 0 Å². The van der Waals surface area contributed by atoms with Crippen molar-refractivity contribution in [2.45, 2.75) is 46.2 Å². The molecular formula is C15H24N4O2. The highest BCUT2D eigenvalue weighted by Gasteiger charge is 2.22. The minimum Gasteiger partial charge on any atom is -0.383 e. The molecule has 6 nitrogen and oxygen atoms in total. The van der Waals surface area contributed by atoms with Crippen LogP contribution in [0, 0.1) is 0 Å². The molecular weight excluding hydrogens is 268 g/mol. The zero-order valence-corrected chi connectivity index (χ0v) is 13.3. The lowest BCUT2D eigenvalue weighted by molar-refractivity contribution is -0.124. The SMILES string of the molecule is CCNc1cnccc1C(=O)NC(C)C(=O)NC(C)(C)C. The van der Waals surface area contributed by atoms with Crippen LogP contribution in [0.2, 0.25) is 0 Å². The van der Waals surface area contributed by atoms with Crippen LogP contribution in [0.15, 0.2) is 18.5 Å². The molecule has 3 N–H and O–H groups in total. The van der Waals surface area contributed by atoms with Crippen molar-refractivity contribution in [2.75, 3.05) is 11.9 Å². The van der Waals surface area contributed by atoms with Gasteiger partial charge in [0, 0.05) is 18.3 Å². The van der Waals surface area contributed by atoms with Crippen molar-refractivity contribution in [3.05, 3.63) is 24.0 Å². The van der Waals surface area contributed by atoms with Gasteiger partial charge >= 0.3 is 0 Å². The van der Waals surface area contributed by atoms with Crippen LogP contribution < -0.4 is 16.0 Å². The van der Waals surface area contributed by atoms with E-state index in [1.165, 1.54) is 0 Å². The standard InChI is InChI=1S/C15H24N4O2/c1-6-17-12-9-16-8-7-11(12)14(21)18-10(2)13(20)19-15(3,4)5/h7-10,17H,6H2,1-5H3,(H,18,21)(H,19,20). The summed E-state index contributed by atoms with van der Waals surface area (Å²) in [5.41, 5.74) is 0.796. The Morgan fingerprint density at radius 1 is 1.33 bits per heavy atom. The number of anilines is 1. The van der Waals surface area contributed by atoms with E-state index in [9.17, 15) is 9.59 Å². The first-order valence-corrected chi connectivity index (χ1v) is 7.05. The van der Waals surface area contributed by atoms with Gasteiger partial charge < -0.3 is 16.0 Å². The van der Waals surface area contributed by atoms with Gasteiger partial charge in [0.15, 0.2) is 0 Å². The average molecular weight is 292 g/mol. The summed E-state index contributed by atoms with van der Waals surface area (Å²) >= 11 is 0. The summed E-state index contributed by atoms with van der Waals surface area (Å²) < 4.78 is 0. The number of hydrogen-bond acceptors (Lipinski definition) is 4. The van der Waals surface area contributed by atoms with Crippen molar-refractivity contribution >= 4 is 17.5 Å². The summed E-state index contributed by atoms with van der Waals surface area (Å²) in [5, 5.41) is 8.61. The second kappa shape index (κ2) is 7.06. The van der Waals surface area contributed by atoms with Gasteiger partial charge in [-0.3, -0.25) is 14.6 Å². The van der Waals surface area contributed by atoms with Crippen molar-refractivity contribution in [3.8, 4) is 0 Å². The second-order valence-corrected chi connectivity index (χ2v) is 5.89.